The molecule has 0 saturated carbocycles. The Kier molecular flexibility index (Phi) is 9.45. The van der Waals surface area contributed by atoms with Crippen LogP contribution < -0.4 is 9.64 Å². The quantitative estimate of drug-likeness (QED) is 0.442. The molecule has 6 nitrogen and oxygen atoms in total. The molecule has 1 aliphatic rings. The molecule has 2 aromatic rings. The normalized spacial score (nSPS) is 18.6. The number of hydrogen-bond donors (Lipinski definition) is 0. The Morgan fingerprint density at radius 3 is 2.43 bits per heavy atom. The molecule has 0 unspecified atom stereocenters. The Bertz CT molecular complexity index is 819. The summed E-state index contributed by atoms with van der Waals surface area (Å²) in [7, 11) is 5.63. The second-order valence-electron chi connectivity index (χ2n) is 7.00. The van der Waals surface area contributed by atoms with Crippen molar-refractivity contribution >= 4 is 35.8 Å². The summed E-state index contributed by atoms with van der Waals surface area (Å²) < 4.78 is 5.28. The van der Waals surface area contributed by atoms with Crippen molar-refractivity contribution < 1.29 is 19.3 Å². The lowest BCUT2D eigenvalue weighted by atomic mass is 10.1. The summed E-state index contributed by atoms with van der Waals surface area (Å²) in [4.78, 5) is 29.5. The van der Waals surface area contributed by atoms with Crippen LogP contribution in [0.4, 0.5) is 5.69 Å². The Hall–Kier alpha value is -1.77. The van der Waals surface area contributed by atoms with E-state index in [1.54, 1.807) is 18.9 Å². The van der Waals surface area contributed by atoms with E-state index >= 15 is 0 Å². The van der Waals surface area contributed by atoms with Gasteiger partial charge in [0.25, 0.3) is 5.91 Å². The summed E-state index contributed by atoms with van der Waals surface area (Å²) in [5, 5.41) is -0.245. The molecular formula is C22H29ClN2O4S. The molecule has 164 valence electrons. The summed E-state index contributed by atoms with van der Waals surface area (Å²) in [5.74, 6) is 0.674. The van der Waals surface area contributed by atoms with E-state index in [0.29, 0.717) is 13.2 Å². The van der Waals surface area contributed by atoms with Crippen LogP contribution >= 0.6 is 24.2 Å². The Labute approximate surface area is 188 Å². The van der Waals surface area contributed by atoms with Crippen molar-refractivity contribution in [3.05, 3.63) is 54.1 Å². The molecule has 0 saturated heterocycles. The number of likely N-dealkylation sites (N-methyl/N-ethyl adjacent to an activating group) is 1. The fraction of sp³-hybridized carbons (Fsp3) is 0.409. The van der Waals surface area contributed by atoms with Gasteiger partial charge in [-0.3, -0.25) is 4.79 Å². The van der Waals surface area contributed by atoms with Crippen molar-refractivity contribution in [1.29, 1.82) is 0 Å². The number of ether oxygens (including phenoxy) is 1. The highest BCUT2D eigenvalue weighted by Gasteiger charge is 2.40. The number of fused-ring (bicyclic) bond motifs is 1. The summed E-state index contributed by atoms with van der Waals surface area (Å²) in [5.41, 5.74) is 1.89. The van der Waals surface area contributed by atoms with Gasteiger partial charge in [-0.2, -0.15) is 0 Å². The standard InChI is InChI=1S/C22H28N2O4S.ClH/c1-5-27-28-20-21(16-10-12-17(26-4)13-11-16)29-19-9-7-6-8-18(19)24(22(20)25)15-14-23(2)3;/h6-13,20-21H,5,14-15H2,1-4H3;1H/t20-,21+;/m1./s1. The number of halogens is 1. The van der Waals surface area contributed by atoms with E-state index in [-0.39, 0.29) is 23.6 Å². The number of carbonyl (C=O) groups excluding carboxylic acids is 1. The third kappa shape index (κ3) is 5.68. The SMILES string of the molecule is CCOO[C@H]1C(=O)N(CCN(C)C)c2ccccc2S[C@H]1c1ccc(OC)cc1.Cl. The van der Waals surface area contributed by atoms with Crippen molar-refractivity contribution in [3.8, 4) is 5.75 Å². The van der Waals surface area contributed by atoms with Gasteiger partial charge in [-0.1, -0.05) is 24.3 Å². The summed E-state index contributed by atoms with van der Waals surface area (Å²) >= 11 is 1.62. The highest BCUT2D eigenvalue weighted by molar-refractivity contribution is 7.99. The van der Waals surface area contributed by atoms with Gasteiger partial charge in [0.1, 0.15) is 5.75 Å². The molecule has 1 amide bonds. The summed E-state index contributed by atoms with van der Waals surface area (Å²) in [6.45, 7) is 3.54. The fourth-order valence-corrected chi connectivity index (χ4v) is 4.49. The summed E-state index contributed by atoms with van der Waals surface area (Å²) in [6, 6.07) is 15.8. The van der Waals surface area contributed by atoms with Gasteiger partial charge in [0.15, 0.2) is 6.10 Å². The number of rotatable bonds is 8. The number of nitrogens with zero attached hydrogens (tertiary/aromatic N) is 2. The molecule has 0 bridgehead atoms. The molecule has 0 aromatic heterocycles. The number of hydrogen-bond acceptors (Lipinski definition) is 6. The highest BCUT2D eigenvalue weighted by atomic mass is 35.5. The number of para-hydroxylation sites is 1. The molecule has 2 atom stereocenters. The first-order valence-corrected chi connectivity index (χ1v) is 10.6. The van der Waals surface area contributed by atoms with Crippen molar-refractivity contribution in [2.75, 3.05) is 45.8 Å². The first-order chi connectivity index (χ1) is 14.0. The fourth-order valence-electron chi connectivity index (χ4n) is 3.18. The lowest BCUT2D eigenvalue weighted by molar-refractivity contribution is -0.313. The number of carbonyl (C=O) groups is 1. The second kappa shape index (κ2) is 11.6. The minimum atomic E-state index is -0.761. The lowest BCUT2D eigenvalue weighted by Crippen LogP contribution is -2.44. The van der Waals surface area contributed by atoms with Gasteiger partial charge >= 0.3 is 0 Å². The zero-order valence-electron chi connectivity index (χ0n) is 17.7. The number of methoxy groups -OCH3 is 1. The number of benzene rings is 2. The van der Waals surface area contributed by atoms with Gasteiger partial charge in [0.05, 0.1) is 24.7 Å². The number of anilines is 1. The maximum atomic E-state index is 13.6. The topological polar surface area (TPSA) is 51.2 Å². The lowest BCUT2D eigenvalue weighted by Gasteiger charge is -2.28. The molecule has 30 heavy (non-hydrogen) atoms. The van der Waals surface area contributed by atoms with Crippen LogP contribution in [0.15, 0.2) is 53.4 Å². The van der Waals surface area contributed by atoms with Crippen LogP contribution in [-0.2, 0) is 14.6 Å². The molecule has 3 rings (SSSR count). The molecule has 0 aliphatic carbocycles. The largest absolute Gasteiger partial charge is 0.497 e. The third-order valence-electron chi connectivity index (χ3n) is 4.70. The van der Waals surface area contributed by atoms with E-state index in [1.165, 1.54) is 0 Å². The van der Waals surface area contributed by atoms with E-state index in [0.717, 1.165) is 28.4 Å². The number of amides is 1. The van der Waals surface area contributed by atoms with Crippen molar-refractivity contribution in [2.24, 2.45) is 0 Å². The molecule has 1 heterocycles. The van der Waals surface area contributed by atoms with Crippen LogP contribution in [0.5, 0.6) is 5.75 Å². The van der Waals surface area contributed by atoms with E-state index < -0.39 is 6.10 Å². The average molecular weight is 453 g/mol. The van der Waals surface area contributed by atoms with Crippen LogP contribution in [-0.4, -0.2) is 57.8 Å². The van der Waals surface area contributed by atoms with Crippen molar-refractivity contribution in [1.82, 2.24) is 4.90 Å². The molecule has 0 radical (unpaired) electrons. The first-order valence-electron chi connectivity index (χ1n) is 9.69. The van der Waals surface area contributed by atoms with Crippen LogP contribution in [0.3, 0.4) is 0 Å². The van der Waals surface area contributed by atoms with E-state index in [1.807, 2.05) is 68.4 Å². The maximum absolute atomic E-state index is 13.6. The van der Waals surface area contributed by atoms with Gasteiger partial charge in [0, 0.05) is 18.0 Å². The van der Waals surface area contributed by atoms with Crippen LogP contribution in [0.1, 0.15) is 17.7 Å². The molecule has 1 aliphatic heterocycles. The average Bonchev–Trinajstić information content (AvgIpc) is 2.85. The van der Waals surface area contributed by atoms with Crippen LogP contribution in [0.2, 0.25) is 0 Å². The smallest absolute Gasteiger partial charge is 0.261 e. The van der Waals surface area contributed by atoms with Gasteiger partial charge < -0.3 is 14.5 Å². The van der Waals surface area contributed by atoms with Gasteiger partial charge in [0.2, 0.25) is 0 Å². The predicted octanol–water partition coefficient (Wildman–Crippen LogP) is 4.20. The van der Waals surface area contributed by atoms with Gasteiger partial charge in [-0.15, -0.1) is 24.2 Å². The minimum Gasteiger partial charge on any atom is -0.497 e. The van der Waals surface area contributed by atoms with Crippen LogP contribution in [0, 0.1) is 0 Å². The van der Waals surface area contributed by atoms with Crippen molar-refractivity contribution in [3.63, 3.8) is 0 Å². The predicted molar refractivity (Wildman–Crippen MR) is 123 cm³/mol. The minimum absolute atomic E-state index is 0. The monoisotopic (exact) mass is 452 g/mol. The zero-order chi connectivity index (χ0) is 20.8. The van der Waals surface area contributed by atoms with Crippen molar-refractivity contribution in [2.45, 2.75) is 23.2 Å². The number of thioether (sulfide) groups is 1. The maximum Gasteiger partial charge on any atom is 0.261 e. The van der Waals surface area contributed by atoms with E-state index in [9.17, 15) is 4.79 Å². The van der Waals surface area contributed by atoms with E-state index in [4.69, 9.17) is 14.5 Å². The second-order valence-corrected chi connectivity index (χ2v) is 8.18. The zero-order valence-corrected chi connectivity index (χ0v) is 19.4. The molecule has 2 aromatic carbocycles. The molecule has 0 fully saturated rings. The van der Waals surface area contributed by atoms with E-state index in [2.05, 4.69) is 11.0 Å². The molecule has 8 heteroatoms. The Balaban J connectivity index is 0.00000320. The van der Waals surface area contributed by atoms with Crippen LogP contribution in [0.25, 0.3) is 0 Å². The highest BCUT2D eigenvalue weighted by Crippen LogP contribution is 2.46. The Morgan fingerprint density at radius 1 is 1.10 bits per heavy atom. The van der Waals surface area contributed by atoms with Gasteiger partial charge in [-0.25, -0.2) is 9.78 Å². The van der Waals surface area contributed by atoms with Gasteiger partial charge in [-0.05, 0) is 50.8 Å². The molecular weight excluding hydrogens is 424 g/mol. The summed E-state index contributed by atoms with van der Waals surface area (Å²) in [6.07, 6.45) is -0.761. The third-order valence-corrected chi connectivity index (χ3v) is 6.07. The molecule has 0 N–H and O–H groups in total. The molecule has 0 spiro atoms. The Morgan fingerprint density at radius 2 is 1.80 bits per heavy atom. The first kappa shape index (κ1) is 24.5.